The van der Waals surface area contributed by atoms with E-state index < -0.39 is 30.3 Å². The molecule has 0 bridgehead atoms. The summed E-state index contributed by atoms with van der Waals surface area (Å²) >= 11 is 5.92. The molecule has 1 atom stereocenters. The lowest BCUT2D eigenvalue weighted by atomic mass is 10.1. The molecule has 23 heavy (non-hydrogen) atoms. The monoisotopic (exact) mass is 349 g/mol. The second-order valence-electron chi connectivity index (χ2n) is 4.87. The molecule has 1 aliphatic heterocycles. The van der Waals surface area contributed by atoms with E-state index in [4.69, 9.17) is 12.2 Å². The highest BCUT2D eigenvalue weighted by atomic mass is 32.2. The van der Waals surface area contributed by atoms with Crippen molar-refractivity contribution in [1.29, 1.82) is 0 Å². The predicted molar refractivity (Wildman–Crippen MR) is 84.6 cm³/mol. The van der Waals surface area contributed by atoms with Crippen molar-refractivity contribution >= 4 is 52.2 Å². The Morgan fingerprint density at radius 1 is 1.30 bits per heavy atom. The Bertz CT molecular complexity index is 711. The zero-order valence-electron chi connectivity index (χ0n) is 12.0. The van der Waals surface area contributed by atoms with Gasteiger partial charge in [0.2, 0.25) is 0 Å². The fourth-order valence-electron chi connectivity index (χ4n) is 2.00. The van der Waals surface area contributed by atoms with Crippen LogP contribution in [0.25, 0.3) is 6.08 Å². The van der Waals surface area contributed by atoms with Gasteiger partial charge >= 0.3 is 0 Å². The first-order valence-electron chi connectivity index (χ1n) is 6.54. The number of thioether (sulfide) groups is 1. The van der Waals surface area contributed by atoms with Crippen LogP contribution in [0.2, 0.25) is 0 Å². The highest BCUT2D eigenvalue weighted by Gasteiger charge is 2.37. The first kappa shape index (κ1) is 17.2. The highest BCUT2D eigenvalue weighted by Crippen LogP contribution is 2.34. The van der Waals surface area contributed by atoms with Gasteiger partial charge in [-0.3, -0.25) is 9.69 Å². The van der Waals surface area contributed by atoms with Gasteiger partial charge in [-0.15, -0.1) is 0 Å². The molecule has 1 aromatic rings. The van der Waals surface area contributed by atoms with Crippen molar-refractivity contribution in [1.82, 2.24) is 4.90 Å². The lowest BCUT2D eigenvalue weighted by molar-refractivity contribution is -0.319. The lowest BCUT2D eigenvalue weighted by Gasteiger charge is -2.27. The van der Waals surface area contributed by atoms with Crippen molar-refractivity contribution in [3.8, 4) is 0 Å². The van der Waals surface area contributed by atoms with E-state index in [1.54, 1.807) is 18.2 Å². The molecule has 0 unspecified atom stereocenters. The largest absolute Gasteiger partial charge is 0.550 e. The fraction of sp³-hybridized carbons (Fsp3) is 0.200. The fourth-order valence-corrected chi connectivity index (χ4v) is 3.36. The van der Waals surface area contributed by atoms with Gasteiger partial charge in [0.1, 0.15) is 4.32 Å². The molecule has 1 amide bonds. The maximum absolute atomic E-state index is 12.4. The first-order valence-corrected chi connectivity index (χ1v) is 7.76. The zero-order valence-corrected chi connectivity index (χ0v) is 13.6. The van der Waals surface area contributed by atoms with E-state index in [9.17, 15) is 24.6 Å². The molecule has 0 aliphatic carbocycles. The minimum Gasteiger partial charge on any atom is -0.550 e. The number of benzene rings is 1. The Labute approximate surface area is 141 Å². The summed E-state index contributed by atoms with van der Waals surface area (Å²) in [7, 11) is 0. The van der Waals surface area contributed by atoms with Gasteiger partial charge in [-0.05, 0) is 18.6 Å². The van der Waals surface area contributed by atoms with Crippen LogP contribution < -0.4 is 10.2 Å². The smallest absolute Gasteiger partial charge is 0.266 e. The van der Waals surface area contributed by atoms with Crippen LogP contribution in [0.5, 0.6) is 0 Å². The summed E-state index contributed by atoms with van der Waals surface area (Å²) in [6, 6.07) is 5.66. The van der Waals surface area contributed by atoms with Gasteiger partial charge in [-0.1, -0.05) is 53.8 Å². The third-order valence-corrected chi connectivity index (χ3v) is 4.47. The van der Waals surface area contributed by atoms with Crippen molar-refractivity contribution in [2.45, 2.75) is 19.4 Å². The van der Waals surface area contributed by atoms with Crippen molar-refractivity contribution in [3.63, 3.8) is 0 Å². The summed E-state index contributed by atoms with van der Waals surface area (Å²) in [5.41, 5.74) is 1.81. The van der Waals surface area contributed by atoms with Crippen molar-refractivity contribution in [3.05, 3.63) is 40.3 Å². The van der Waals surface area contributed by atoms with Gasteiger partial charge < -0.3 is 19.8 Å². The van der Waals surface area contributed by atoms with Crippen LogP contribution in [0.1, 0.15) is 17.5 Å². The van der Waals surface area contributed by atoms with Crippen molar-refractivity contribution < 1.29 is 24.6 Å². The van der Waals surface area contributed by atoms with E-state index in [1.165, 1.54) is 0 Å². The number of carbonyl (C=O) groups excluding carboxylic acids is 3. The number of carboxylic acid groups (broad SMARTS) is 2. The average Bonchev–Trinajstić information content (AvgIpc) is 2.73. The van der Waals surface area contributed by atoms with Crippen LogP contribution >= 0.6 is 24.0 Å². The molecular weight excluding hydrogens is 338 g/mol. The maximum atomic E-state index is 12.4. The molecule has 0 saturated carbocycles. The average molecular weight is 349 g/mol. The third-order valence-electron chi connectivity index (χ3n) is 3.14. The van der Waals surface area contributed by atoms with Crippen LogP contribution in [0, 0.1) is 6.92 Å². The lowest BCUT2D eigenvalue weighted by Crippen LogP contribution is -2.52. The molecule has 1 aliphatic rings. The summed E-state index contributed by atoms with van der Waals surface area (Å²) in [5, 5.41) is 21.8. The van der Waals surface area contributed by atoms with Crippen molar-refractivity contribution in [2.24, 2.45) is 0 Å². The Morgan fingerprint density at radius 3 is 2.43 bits per heavy atom. The number of thiocarbonyl (C=S) groups is 1. The Morgan fingerprint density at radius 2 is 1.91 bits per heavy atom. The number of hydrogen-bond donors (Lipinski definition) is 0. The van der Waals surface area contributed by atoms with Gasteiger partial charge in [-0.25, -0.2) is 0 Å². The molecule has 1 heterocycles. The Balaban J connectivity index is 2.30. The van der Waals surface area contributed by atoms with E-state index in [-0.39, 0.29) is 9.23 Å². The molecule has 1 aromatic carbocycles. The number of carbonyl (C=O) groups is 3. The molecule has 0 aromatic heterocycles. The van der Waals surface area contributed by atoms with Gasteiger partial charge in [0.15, 0.2) is 0 Å². The van der Waals surface area contributed by atoms with E-state index in [2.05, 4.69) is 0 Å². The molecule has 1 saturated heterocycles. The number of aryl methyl sites for hydroxylation is 1. The Hall–Kier alpha value is -2.19. The summed E-state index contributed by atoms with van der Waals surface area (Å²) in [4.78, 5) is 35.2. The highest BCUT2D eigenvalue weighted by molar-refractivity contribution is 8.26. The summed E-state index contributed by atoms with van der Waals surface area (Å²) in [5.74, 6) is -3.95. The first-order chi connectivity index (χ1) is 10.8. The quantitative estimate of drug-likeness (QED) is 0.519. The third kappa shape index (κ3) is 3.96. The summed E-state index contributed by atoms with van der Waals surface area (Å²) < 4.78 is -0.0242. The van der Waals surface area contributed by atoms with E-state index in [1.807, 2.05) is 19.1 Å². The van der Waals surface area contributed by atoms with Gasteiger partial charge in [-0.2, -0.15) is 0 Å². The maximum Gasteiger partial charge on any atom is 0.266 e. The minimum atomic E-state index is -1.69. The standard InChI is InChI=1S/C15H13NO5S2/c1-8-2-4-9(5-3-8)6-11-13(19)16(15(22)23-11)10(14(20)21)7-12(17)18/h2-6,10H,7H2,1H3,(H,17,18)(H,20,21)/p-2/b11-6+/t10-/m1/s1. The summed E-state index contributed by atoms with van der Waals surface area (Å²) in [6.07, 6.45) is 0.691. The number of rotatable bonds is 5. The number of nitrogens with zero attached hydrogens (tertiary/aromatic N) is 1. The summed E-state index contributed by atoms with van der Waals surface area (Å²) in [6.45, 7) is 1.92. The van der Waals surface area contributed by atoms with Crippen LogP contribution in [-0.2, 0) is 14.4 Å². The van der Waals surface area contributed by atoms with Crippen LogP contribution in [0.4, 0.5) is 0 Å². The molecule has 120 valence electrons. The SMILES string of the molecule is Cc1ccc(/C=C2/SC(=S)N([C@H](CC(=O)[O-])C(=O)[O-])C2=O)cc1. The molecule has 0 spiro atoms. The molecule has 8 heteroatoms. The minimum absolute atomic E-state index is 0.0242. The number of amides is 1. The molecule has 1 fully saturated rings. The molecular formula is C15H11NO5S2-2. The second-order valence-corrected chi connectivity index (χ2v) is 6.55. The van der Waals surface area contributed by atoms with E-state index in [0.717, 1.165) is 27.8 Å². The van der Waals surface area contributed by atoms with E-state index >= 15 is 0 Å². The van der Waals surface area contributed by atoms with E-state index in [0.29, 0.717) is 0 Å². The van der Waals surface area contributed by atoms with Crippen molar-refractivity contribution in [2.75, 3.05) is 0 Å². The molecule has 2 rings (SSSR count). The van der Waals surface area contributed by atoms with Crippen LogP contribution in [0.15, 0.2) is 29.2 Å². The van der Waals surface area contributed by atoms with Gasteiger partial charge in [0, 0.05) is 12.4 Å². The Kier molecular flexibility index (Phi) is 5.17. The zero-order chi connectivity index (χ0) is 17.1. The number of hydrogen-bond acceptors (Lipinski definition) is 7. The number of aliphatic carboxylic acids is 2. The van der Waals surface area contributed by atoms with Gasteiger partial charge in [0.05, 0.1) is 16.9 Å². The molecule has 0 N–H and O–H groups in total. The normalized spacial score (nSPS) is 17.6. The molecule has 0 radical (unpaired) electrons. The van der Waals surface area contributed by atoms with Crippen LogP contribution in [0.3, 0.4) is 0 Å². The molecule has 6 nitrogen and oxygen atoms in total. The topological polar surface area (TPSA) is 101 Å². The predicted octanol–water partition coefficient (Wildman–Crippen LogP) is -0.545. The van der Waals surface area contributed by atoms with Crippen LogP contribution in [-0.4, -0.2) is 33.1 Å². The second kappa shape index (κ2) is 6.93. The van der Waals surface area contributed by atoms with Gasteiger partial charge in [0.25, 0.3) is 5.91 Å². The number of carboxylic acids is 2.